The van der Waals surface area contributed by atoms with Gasteiger partial charge in [0, 0.05) is 6.21 Å². The highest BCUT2D eigenvalue weighted by molar-refractivity contribution is 6.12. The number of hydrazone groups is 1. The zero-order chi connectivity index (χ0) is 13.2. The van der Waals surface area contributed by atoms with Gasteiger partial charge in [0.15, 0.2) is 0 Å². The average Bonchev–Trinajstić information content (AvgIpc) is 2.83. The Bertz CT molecular complexity index is 617. The molecule has 0 fully saturated rings. The summed E-state index contributed by atoms with van der Waals surface area (Å²) in [6, 6.07) is 17.5. The first-order valence-corrected chi connectivity index (χ1v) is 6.25. The molecule has 19 heavy (non-hydrogen) atoms. The van der Waals surface area contributed by atoms with Gasteiger partial charge < -0.3 is 0 Å². The normalized spacial score (nSPS) is 18.1. The predicted molar refractivity (Wildman–Crippen MR) is 76.3 cm³/mol. The van der Waals surface area contributed by atoms with Crippen LogP contribution < -0.4 is 5.01 Å². The summed E-state index contributed by atoms with van der Waals surface area (Å²) < 4.78 is 0. The van der Waals surface area contributed by atoms with Crippen LogP contribution in [-0.4, -0.2) is 12.1 Å². The van der Waals surface area contributed by atoms with E-state index < -0.39 is 0 Å². The monoisotopic (exact) mass is 250 g/mol. The highest BCUT2D eigenvalue weighted by atomic mass is 16.2. The van der Waals surface area contributed by atoms with Crippen LogP contribution in [0.3, 0.4) is 0 Å². The van der Waals surface area contributed by atoms with Crippen molar-refractivity contribution in [3.63, 3.8) is 0 Å². The Morgan fingerprint density at radius 3 is 2.37 bits per heavy atom. The lowest BCUT2D eigenvalue weighted by atomic mass is 9.99. The minimum Gasteiger partial charge on any atom is -0.271 e. The number of benzene rings is 2. The van der Waals surface area contributed by atoms with Crippen LogP contribution in [0, 0.1) is 6.92 Å². The van der Waals surface area contributed by atoms with E-state index in [4.69, 9.17) is 0 Å². The summed E-state index contributed by atoms with van der Waals surface area (Å²) in [5.74, 6) is -0.282. The molecular formula is C16H14N2O. The van der Waals surface area contributed by atoms with Crippen molar-refractivity contribution in [1.82, 2.24) is 0 Å². The summed E-state index contributed by atoms with van der Waals surface area (Å²) in [6.45, 7) is 2.03. The summed E-state index contributed by atoms with van der Waals surface area (Å²) in [7, 11) is 0. The first kappa shape index (κ1) is 11.7. The summed E-state index contributed by atoms with van der Waals surface area (Å²) in [6.07, 6.45) is 1.71. The first-order valence-electron chi connectivity index (χ1n) is 6.25. The molecule has 0 bridgehead atoms. The summed E-state index contributed by atoms with van der Waals surface area (Å²) in [5.41, 5.74) is 2.97. The second-order valence-corrected chi connectivity index (χ2v) is 4.64. The molecule has 1 amide bonds. The Hall–Kier alpha value is -2.42. The lowest BCUT2D eigenvalue weighted by Gasteiger charge is -2.14. The molecule has 3 heteroatoms. The molecule has 0 saturated carbocycles. The molecule has 1 aliphatic heterocycles. The van der Waals surface area contributed by atoms with Crippen LogP contribution in [0.2, 0.25) is 0 Å². The van der Waals surface area contributed by atoms with Gasteiger partial charge in [-0.05, 0) is 24.6 Å². The third-order valence-corrected chi connectivity index (χ3v) is 3.24. The fourth-order valence-electron chi connectivity index (χ4n) is 2.15. The number of nitrogens with zero attached hydrogens (tertiary/aromatic N) is 2. The molecule has 0 aromatic heterocycles. The largest absolute Gasteiger partial charge is 0.271 e. The molecule has 2 aromatic rings. The molecule has 1 heterocycles. The standard InChI is InChI=1S/C16H14N2O/c1-12-7-9-13(10-8-12)15-11-17-18(16(15)19)14-5-3-2-4-6-14/h2-11,15H,1H3. The zero-order valence-corrected chi connectivity index (χ0v) is 10.7. The smallest absolute Gasteiger partial charge is 0.260 e. The number of amides is 1. The van der Waals surface area contributed by atoms with E-state index in [1.165, 1.54) is 10.6 Å². The van der Waals surface area contributed by atoms with Gasteiger partial charge in [-0.1, -0.05) is 48.0 Å². The van der Waals surface area contributed by atoms with Crippen molar-refractivity contribution in [2.45, 2.75) is 12.8 Å². The molecule has 3 nitrogen and oxygen atoms in total. The molecule has 0 aliphatic carbocycles. The Labute approximate surface area is 112 Å². The van der Waals surface area contributed by atoms with Crippen molar-refractivity contribution >= 4 is 17.8 Å². The van der Waals surface area contributed by atoms with Crippen LogP contribution >= 0.6 is 0 Å². The lowest BCUT2D eigenvalue weighted by Crippen LogP contribution is -2.24. The Morgan fingerprint density at radius 2 is 1.68 bits per heavy atom. The van der Waals surface area contributed by atoms with Gasteiger partial charge in [0.2, 0.25) is 0 Å². The third kappa shape index (κ3) is 2.15. The SMILES string of the molecule is Cc1ccc(C2C=NN(c3ccccc3)C2=O)cc1. The summed E-state index contributed by atoms with van der Waals surface area (Å²) in [5, 5.41) is 5.69. The highest BCUT2D eigenvalue weighted by Crippen LogP contribution is 2.26. The van der Waals surface area contributed by atoms with E-state index in [2.05, 4.69) is 5.10 Å². The minimum atomic E-state index is -0.277. The van der Waals surface area contributed by atoms with Crippen molar-refractivity contribution in [2.24, 2.45) is 5.10 Å². The average molecular weight is 250 g/mol. The fourth-order valence-corrected chi connectivity index (χ4v) is 2.15. The van der Waals surface area contributed by atoms with Gasteiger partial charge in [-0.25, -0.2) is 5.01 Å². The first-order chi connectivity index (χ1) is 9.25. The quantitative estimate of drug-likeness (QED) is 0.806. The fraction of sp³-hybridized carbons (Fsp3) is 0.125. The molecule has 1 aliphatic rings. The van der Waals surface area contributed by atoms with Gasteiger partial charge in [-0.3, -0.25) is 4.79 Å². The number of hydrogen-bond acceptors (Lipinski definition) is 2. The van der Waals surface area contributed by atoms with E-state index in [0.29, 0.717) is 0 Å². The van der Waals surface area contributed by atoms with Crippen LogP contribution in [0.15, 0.2) is 59.7 Å². The topological polar surface area (TPSA) is 32.7 Å². The van der Waals surface area contributed by atoms with Crippen LogP contribution in [0.25, 0.3) is 0 Å². The van der Waals surface area contributed by atoms with Crippen molar-refractivity contribution in [1.29, 1.82) is 0 Å². The number of carbonyl (C=O) groups is 1. The number of rotatable bonds is 2. The number of aryl methyl sites for hydroxylation is 1. The Morgan fingerprint density at radius 1 is 1.00 bits per heavy atom. The van der Waals surface area contributed by atoms with E-state index in [1.807, 2.05) is 61.5 Å². The number of anilines is 1. The summed E-state index contributed by atoms with van der Waals surface area (Å²) >= 11 is 0. The highest BCUT2D eigenvalue weighted by Gasteiger charge is 2.30. The molecule has 1 unspecified atom stereocenters. The zero-order valence-electron chi connectivity index (χ0n) is 10.7. The lowest BCUT2D eigenvalue weighted by molar-refractivity contribution is -0.118. The van der Waals surface area contributed by atoms with E-state index in [9.17, 15) is 4.79 Å². The molecule has 1 atom stereocenters. The summed E-state index contributed by atoms with van der Waals surface area (Å²) in [4.78, 5) is 12.4. The van der Waals surface area contributed by atoms with Gasteiger partial charge in [-0.2, -0.15) is 5.10 Å². The van der Waals surface area contributed by atoms with E-state index in [0.717, 1.165) is 11.3 Å². The number of para-hydroxylation sites is 1. The van der Waals surface area contributed by atoms with Crippen LogP contribution in [0.4, 0.5) is 5.69 Å². The van der Waals surface area contributed by atoms with Crippen molar-refractivity contribution < 1.29 is 4.79 Å². The number of carbonyl (C=O) groups excluding carboxylic acids is 1. The van der Waals surface area contributed by atoms with Gasteiger partial charge in [0.25, 0.3) is 5.91 Å². The van der Waals surface area contributed by atoms with E-state index in [-0.39, 0.29) is 11.8 Å². The van der Waals surface area contributed by atoms with Crippen LogP contribution in [0.1, 0.15) is 17.0 Å². The second-order valence-electron chi connectivity index (χ2n) is 4.64. The van der Waals surface area contributed by atoms with Crippen molar-refractivity contribution in [2.75, 3.05) is 5.01 Å². The molecule has 0 saturated heterocycles. The van der Waals surface area contributed by atoms with E-state index >= 15 is 0 Å². The molecule has 0 spiro atoms. The van der Waals surface area contributed by atoms with Gasteiger partial charge >= 0.3 is 0 Å². The van der Waals surface area contributed by atoms with Gasteiger partial charge in [-0.15, -0.1) is 0 Å². The minimum absolute atomic E-state index is 0.00458. The van der Waals surface area contributed by atoms with E-state index in [1.54, 1.807) is 6.21 Å². The second kappa shape index (κ2) is 4.69. The van der Waals surface area contributed by atoms with Gasteiger partial charge in [0.05, 0.1) is 5.69 Å². The molecule has 3 rings (SSSR count). The Balaban J connectivity index is 1.87. The van der Waals surface area contributed by atoms with Crippen LogP contribution in [0.5, 0.6) is 0 Å². The molecule has 94 valence electrons. The molecular weight excluding hydrogens is 236 g/mol. The molecule has 2 aromatic carbocycles. The molecule has 0 N–H and O–H groups in total. The van der Waals surface area contributed by atoms with Crippen LogP contribution in [-0.2, 0) is 4.79 Å². The maximum Gasteiger partial charge on any atom is 0.260 e. The maximum atomic E-state index is 12.4. The van der Waals surface area contributed by atoms with Gasteiger partial charge in [0.1, 0.15) is 5.92 Å². The Kier molecular flexibility index (Phi) is 2.88. The number of hydrogen-bond donors (Lipinski definition) is 0. The molecule has 0 radical (unpaired) electrons. The predicted octanol–water partition coefficient (Wildman–Crippen LogP) is 3.11. The van der Waals surface area contributed by atoms with Crippen molar-refractivity contribution in [3.05, 3.63) is 65.7 Å². The third-order valence-electron chi connectivity index (χ3n) is 3.24. The van der Waals surface area contributed by atoms with Crippen molar-refractivity contribution in [3.8, 4) is 0 Å². The maximum absolute atomic E-state index is 12.4.